The van der Waals surface area contributed by atoms with Crippen molar-refractivity contribution in [2.24, 2.45) is 0 Å². The first-order valence-electron chi connectivity index (χ1n) is 8.99. The lowest BCUT2D eigenvalue weighted by Crippen LogP contribution is -2.29. The molecule has 2 heterocycles. The molecular weight excluding hydrogens is 419 g/mol. The number of anilines is 3. The van der Waals surface area contributed by atoms with Gasteiger partial charge in [0.2, 0.25) is 5.95 Å². The lowest BCUT2D eigenvalue weighted by atomic mass is 10.1. The molecule has 3 aromatic rings. The molecule has 0 bridgehead atoms. The zero-order chi connectivity index (χ0) is 21.6. The second kappa shape index (κ2) is 7.24. The maximum atomic E-state index is 12.6. The minimum atomic E-state index is -5.01. The van der Waals surface area contributed by atoms with E-state index in [2.05, 4.69) is 15.3 Å². The Bertz CT molecular complexity index is 1170. The minimum Gasteiger partial charge on any atom is -0.397 e. The normalized spacial score (nSPS) is 14.0. The van der Waals surface area contributed by atoms with Gasteiger partial charge in [-0.1, -0.05) is 12.1 Å². The molecule has 0 aliphatic heterocycles. The number of hydrogen-bond donors (Lipinski definition) is 3. The Morgan fingerprint density at radius 2 is 1.97 bits per heavy atom. The third kappa shape index (κ3) is 3.92. The lowest BCUT2D eigenvalue weighted by Gasteiger charge is -2.11. The number of nitrogens with one attached hydrogen (secondary N) is 2. The maximum Gasteiger partial charge on any atom is 0.471 e. The van der Waals surface area contributed by atoms with Crippen LogP contribution in [-0.4, -0.2) is 33.9 Å². The van der Waals surface area contributed by atoms with E-state index in [1.165, 1.54) is 25.1 Å². The highest BCUT2D eigenvalue weighted by Crippen LogP contribution is 2.40. The molecule has 0 unspecified atom stereocenters. The minimum absolute atomic E-state index is 0.0427. The molecule has 1 aliphatic rings. The summed E-state index contributed by atoms with van der Waals surface area (Å²) in [6, 6.07) is 6.11. The highest BCUT2D eigenvalue weighted by Gasteiger charge is 2.38. The summed E-state index contributed by atoms with van der Waals surface area (Å²) in [6.45, 7) is 1.39. The van der Waals surface area contributed by atoms with Crippen LogP contribution in [0.5, 0.6) is 0 Å². The maximum absolute atomic E-state index is 12.6. The summed E-state index contributed by atoms with van der Waals surface area (Å²) in [5.74, 6) is -1.94. The lowest BCUT2D eigenvalue weighted by molar-refractivity contribution is -0.167. The van der Waals surface area contributed by atoms with E-state index in [4.69, 9.17) is 5.73 Å². The third-order valence-electron chi connectivity index (χ3n) is 4.47. The molecule has 30 heavy (non-hydrogen) atoms. The van der Waals surface area contributed by atoms with Crippen LogP contribution in [0.15, 0.2) is 24.3 Å². The van der Waals surface area contributed by atoms with Gasteiger partial charge in [0.1, 0.15) is 4.83 Å². The number of nitrogen functional groups attached to an aromatic ring is 1. The van der Waals surface area contributed by atoms with E-state index in [1.807, 2.05) is 5.32 Å². The smallest absolute Gasteiger partial charge is 0.397 e. The summed E-state index contributed by atoms with van der Waals surface area (Å²) in [6.07, 6.45) is -3.03. The van der Waals surface area contributed by atoms with Crippen molar-refractivity contribution in [3.63, 3.8) is 0 Å². The standard InChI is InChI=1S/C19H16F3N5O2S/c1-8(28)15-13(23)12-14(26-18(25-10-5-6-10)27-16(12)30-15)9-3-2-4-11(7-9)24-17(29)19(20,21)22/h2-4,7,10H,5-6,23H2,1H3,(H,24,29)(H,25,26,27). The van der Waals surface area contributed by atoms with Crippen LogP contribution in [0.4, 0.5) is 30.5 Å². The number of hydrogen-bond acceptors (Lipinski definition) is 7. The monoisotopic (exact) mass is 435 g/mol. The second-order valence-corrected chi connectivity index (χ2v) is 7.93. The number of fused-ring (bicyclic) bond motifs is 1. The Kier molecular flexibility index (Phi) is 4.85. The molecule has 11 heteroatoms. The number of rotatable bonds is 5. The fourth-order valence-corrected chi connectivity index (χ4v) is 3.90. The van der Waals surface area contributed by atoms with Gasteiger partial charge in [-0.25, -0.2) is 9.97 Å². The van der Waals surface area contributed by atoms with Crippen LogP contribution in [-0.2, 0) is 4.79 Å². The van der Waals surface area contributed by atoms with Crippen LogP contribution in [0.25, 0.3) is 21.5 Å². The summed E-state index contributed by atoms with van der Waals surface area (Å²) in [5.41, 5.74) is 7.17. The molecule has 1 aromatic carbocycles. The second-order valence-electron chi connectivity index (χ2n) is 6.93. The average Bonchev–Trinajstić information content (AvgIpc) is 3.42. The highest BCUT2D eigenvalue weighted by atomic mass is 32.1. The van der Waals surface area contributed by atoms with E-state index in [0.29, 0.717) is 32.3 Å². The van der Waals surface area contributed by atoms with Gasteiger partial charge in [-0.2, -0.15) is 13.2 Å². The summed E-state index contributed by atoms with van der Waals surface area (Å²) < 4.78 is 37.8. The van der Waals surface area contributed by atoms with Crippen LogP contribution in [0.3, 0.4) is 0 Å². The van der Waals surface area contributed by atoms with E-state index in [1.54, 1.807) is 6.07 Å². The number of halogens is 3. The molecule has 0 radical (unpaired) electrons. The van der Waals surface area contributed by atoms with Crippen LogP contribution in [0, 0.1) is 0 Å². The molecule has 0 spiro atoms. The number of carbonyl (C=O) groups is 2. The van der Waals surface area contributed by atoms with Crippen molar-refractivity contribution in [3.05, 3.63) is 29.1 Å². The van der Waals surface area contributed by atoms with Crippen LogP contribution in [0.1, 0.15) is 29.4 Å². The molecule has 4 N–H and O–H groups in total. The molecule has 2 aromatic heterocycles. The molecule has 1 amide bonds. The molecule has 0 saturated heterocycles. The van der Waals surface area contributed by atoms with Crippen LogP contribution < -0.4 is 16.4 Å². The topological polar surface area (TPSA) is 110 Å². The van der Waals surface area contributed by atoms with Crippen molar-refractivity contribution in [2.75, 3.05) is 16.4 Å². The molecular formula is C19H16F3N5O2S. The number of nitrogens with two attached hydrogens (primary N) is 1. The fraction of sp³-hybridized carbons (Fsp3) is 0.263. The molecule has 1 aliphatic carbocycles. The molecule has 0 atom stereocenters. The summed E-state index contributed by atoms with van der Waals surface area (Å²) >= 11 is 1.14. The number of benzene rings is 1. The number of thiophene rings is 1. The largest absolute Gasteiger partial charge is 0.471 e. The van der Waals surface area contributed by atoms with Gasteiger partial charge >= 0.3 is 12.1 Å². The summed E-state index contributed by atoms with van der Waals surface area (Å²) in [5, 5.41) is 5.46. The first-order valence-corrected chi connectivity index (χ1v) is 9.81. The molecule has 156 valence electrons. The Balaban J connectivity index is 1.83. The van der Waals surface area contributed by atoms with Crippen molar-refractivity contribution < 1.29 is 22.8 Å². The van der Waals surface area contributed by atoms with Gasteiger partial charge in [-0.3, -0.25) is 9.59 Å². The van der Waals surface area contributed by atoms with Crippen LogP contribution in [0.2, 0.25) is 0 Å². The third-order valence-corrected chi connectivity index (χ3v) is 5.67. The van der Waals surface area contributed by atoms with Crippen molar-refractivity contribution in [2.45, 2.75) is 32.0 Å². The average molecular weight is 435 g/mol. The first kappa shape index (κ1) is 20.1. The number of amides is 1. The summed E-state index contributed by atoms with van der Waals surface area (Å²) in [7, 11) is 0. The van der Waals surface area contributed by atoms with Gasteiger partial charge in [0.15, 0.2) is 5.78 Å². The number of ketones is 1. The van der Waals surface area contributed by atoms with E-state index in [9.17, 15) is 22.8 Å². The van der Waals surface area contributed by atoms with Crippen LogP contribution >= 0.6 is 11.3 Å². The van der Waals surface area contributed by atoms with Gasteiger partial charge < -0.3 is 16.4 Å². The number of aromatic nitrogens is 2. The van der Waals surface area contributed by atoms with Gasteiger partial charge in [0.05, 0.1) is 21.6 Å². The van der Waals surface area contributed by atoms with E-state index in [-0.39, 0.29) is 23.2 Å². The Morgan fingerprint density at radius 1 is 1.23 bits per heavy atom. The molecule has 4 rings (SSSR count). The van der Waals surface area contributed by atoms with E-state index in [0.717, 1.165) is 24.2 Å². The zero-order valence-electron chi connectivity index (χ0n) is 15.6. The van der Waals surface area contributed by atoms with E-state index >= 15 is 0 Å². The highest BCUT2D eigenvalue weighted by molar-refractivity contribution is 7.21. The van der Waals surface area contributed by atoms with Gasteiger partial charge in [0.25, 0.3) is 0 Å². The van der Waals surface area contributed by atoms with Crippen molar-refractivity contribution in [1.29, 1.82) is 0 Å². The SMILES string of the molecule is CC(=O)c1sc2nc(NC3CC3)nc(-c3cccc(NC(=O)C(F)(F)F)c3)c2c1N. The molecule has 1 fully saturated rings. The Morgan fingerprint density at radius 3 is 2.60 bits per heavy atom. The summed E-state index contributed by atoms with van der Waals surface area (Å²) in [4.78, 5) is 33.0. The van der Waals surface area contributed by atoms with Crippen molar-refractivity contribution in [1.82, 2.24) is 9.97 Å². The number of nitrogens with zero attached hydrogens (tertiary/aromatic N) is 2. The van der Waals surface area contributed by atoms with Gasteiger partial charge in [-0.15, -0.1) is 11.3 Å². The number of alkyl halides is 3. The molecule has 7 nitrogen and oxygen atoms in total. The Hall–Kier alpha value is -3.21. The zero-order valence-corrected chi connectivity index (χ0v) is 16.4. The number of carbonyl (C=O) groups excluding carboxylic acids is 2. The van der Waals surface area contributed by atoms with Crippen molar-refractivity contribution in [3.8, 4) is 11.3 Å². The quantitative estimate of drug-likeness (QED) is 0.518. The van der Waals surface area contributed by atoms with Gasteiger partial charge in [0, 0.05) is 24.2 Å². The predicted molar refractivity (Wildman–Crippen MR) is 109 cm³/mol. The van der Waals surface area contributed by atoms with Crippen molar-refractivity contribution >= 4 is 50.6 Å². The fourth-order valence-electron chi connectivity index (χ4n) is 2.91. The first-order chi connectivity index (χ1) is 14.1. The predicted octanol–water partition coefficient (Wildman–Crippen LogP) is 4.22. The van der Waals surface area contributed by atoms with E-state index < -0.39 is 12.1 Å². The molecule has 1 saturated carbocycles. The van der Waals surface area contributed by atoms with Gasteiger partial charge in [-0.05, 0) is 25.0 Å². The Labute approximate surface area is 172 Å². The number of Topliss-reactive ketones (excluding diaryl/α,β-unsaturated/α-hetero) is 1.